The molecule has 1 aromatic carbocycles. The fourth-order valence-corrected chi connectivity index (χ4v) is 1.93. The number of carboxylic acid groups (broad SMARTS) is 1. The quantitative estimate of drug-likeness (QED) is 0.795. The van der Waals surface area contributed by atoms with E-state index >= 15 is 0 Å². The van der Waals surface area contributed by atoms with Crippen molar-refractivity contribution in [3.05, 3.63) is 35.6 Å². The third-order valence-corrected chi connectivity index (χ3v) is 2.88. The second-order valence-electron chi connectivity index (χ2n) is 4.06. The van der Waals surface area contributed by atoms with Crippen molar-refractivity contribution in [2.75, 3.05) is 19.6 Å². The van der Waals surface area contributed by atoms with Gasteiger partial charge in [0, 0.05) is 25.2 Å². The number of nitrogens with one attached hydrogen (secondary N) is 1. The fraction of sp³-hybridized carbons (Fsp3) is 0.333. The van der Waals surface area contributed by atoms with Crippen molar-refractivity contribution >= 4 is 11.9 Å². The SMILES string of the molecule is O=C(O)C1CNCCN1C(=O)c1ccc(F)cc1. The maximum Gasteiger partial charge on any atom is 0.327 e. The highest BCUT2D eigenvalue weighted by Crippen LogP contribution is 2.11. The lowest BCUT2D eigenvalue weighted by atomic mass is 10.1. The van der Waals surface area contributed by atoms with Crippen LogP contribution in [0.4, 0.5) is 4.39 Å². The molecule has 0 bridgehead atoms. The Hall–Kier alpha value is -1.95. The summed E-state index contributed by atoms with van der Waals surface area (Å²) in [6.07, 6.45) is 0. The van der Waals surface area contributed by atoms with Crippen molar-refractivity contribution < 1.29 is 19.1 Å². The minimum atomic E-state index is -1.04. The van der Waals surface area contributed by atoms with Gasteiger partial charge in [-0.25, -0.2) is 9.18 Å². The zero-order chi connectivity index (χ0) is 13.1. The molecule has 1 saturated heterocycles. The number of aliphatic carboxylic acids is 1. The first-order valence-electron chi connectivity index (χ1n) is 5.59. The van der Waals surface area contributed by atoms with Crippen LogP contribution in [0, 0.1) is 5.82 Å². The van der Waals surface area contributed by atoms with Crippen molar-refractivity contribution in [1.82, 2.24) is 10.2 Å². The highest BCUT2D eigenvalue weighted by molar-refractivity contribution is 5.96. The van der Waals surface area contributed by atoms with Crippen molar-refractivity contribution in [1.29, 1.82) is 0 Å². The average Bonchev–Trinajstić information content (AvgIpc) is 2.39. The van der Waals surface area contributed by atoms with Gasteiger partial charge in [-0.2, -0.15) is 0 Å². The van der Waals surface area contributed by atoms with Gasteiger partial charge in [0.25, 0.3) is 5.91 Å². The number of piperazine rings is 1. The first kappa shape index (κ1) is 12.5. The normalized spacial score (nSPS) is 19.6. The van der Waals surface area contributed by atoms with Gasteiger partial charge in [0.1, 0.15) is 11.9 Å². The van der Waals surface area contributed by atoms with Crippen LogP contribution in [0.15, 0.2) is 24.3 Å². The maximum absolute atomic E-state index is 12.8. The molecule has 5 nitrogen and oxygen atoms in total. The number of hydrogen-bond donors (Lipinski definition) is 2. The summed E-state index contributed by atoms with van der Waals surface area (Å²) in [6, 6.07) is 4.21. The number of carbonyl (C=O) groups excluding carboxylic acids is 1. The minimum absolute atomic E-state index is 0.224. The van der Waals surface area contributed by atoms with E-state index in [4.69, 9.17) is 5.11 Å². The lowest BCUT2D eigenvalue weighted by Gasteiger charge is -2.33. The summed E-state index contributed by atoms with van der Waals surface area (Å²) in [5.41, 5.74) is 0.296. The smallest absolute Gasteiger partial charge is 0.327 e. The van der Waals surface area contributed by atoms with Crippen LogP contribution in [0.5, 0.6) is 0 Å². The number of carboxylic acids is 1. The lowest BCUT2D eigenvalue weighted by molar-refractivity contribution is -0.142. The summed E-state index contributed by atoms with van der Waals surface area (Å²) in [6.45, 7) is 1.10. The van der Waals surface area contributed by atoms with Crippen molar-refractivity contribution in [2.45, 2.75) is 6.04 Å². The molecule has 0 aliphatic carbocycles. The van der Waals surface area contributed by atoms with E-state index in [9.17, 15) is 14.0 Å². The Morgan fingerprint density at radius 1 is 1.33 bits per heavy atom. The monoisotopic (exact) mass is 252 g/mol. The molecular formula is C12H13FN2O3. The van der Waals surface area contributed by atoms with Gasteiger partial charge in [0.05, 0.1) is 0 Å². The van der Waals surface area contributed by atoms with E-state index in [1.165, 1.54) is 29.2 Å². The minimum Gasteiger partial charge on any atom is -0.480 e. The zero-order valence-electron chi connectivity index (χ0n) is 9.60. The third-order valence-electron chi connectivity index (χ3n) is 2.88. The molecule has 1 heterocycles. The molecule has 0 aromatic heterocycles. The summed E-state index contributed by atoms with van der Waals surface area (Å²) < 4.78 is 12.8. The van der Waals surface area contributed by atoms with Crippen molar-refractivity contribution in [3.63, 3.8) is 0 Å². The van der Waals surface area contributed by atoms with Crippen LogP contribution in [0.3, 0.4) is 0 Å². The molecule has 2 N–H and O–H groups in total. The van der Waals surface area contributed by atoms with Gasteiger partial charge < -0.3 is 15.3 Å². The molecule has 0 spiro atoms. The standard InChI is InChI=1S/C12H13FN2O3/c13-9-3-1-8(2-4-9)11(16)15-6-5-14-7-10(15)12(17)18/h1-4,10,14H,5-7H2,(H,17,18). The van der Waals surface area contributed by atoms with Gasteiger partial charge in [-0.05, 0) is 24.3 Å². The van der Waals surface area contributed by atoms with E-state index in [1.807, 2.05) is 0 Å². The number of hydrogen-bond acceptors (Lipinski definition) is 3. The Morgan fingerprint density at radius 2 is 2.00 bits per heavy atom. The molecule has 1 aliphatic heterocycles. The molecule has 0 saturated carbocycles. The molecule has 0 radical (unpaired) electrons. The number of rotatable bonds is 2. The lowest BCUT2D eigenvalue weighted by Crippen LogP contribution is -2.56. The molecule has 2 rings (SSSR count). The number of benzene rings is 1. The van der Waals surface area contributed by atoms with Gasteiger partial charge >= 0.3 is 5.97 Å². The highest BCUT2D eigenvalue weighted by atomic mass is 19.1. The second-order valence-corrected chi connectivity index (χ2v) is 4.06. The molecule has 1 atom stereocenters. The van der Waals surface area contributed by atoms with Crippen LogP contribution in [0.25, 0.3) is 0 Å². The van der Waals surface area contributed by atoms with Crippen molar-refractivity contribution in [2.24, 2.45) is 0 Å². The fourth-order valence-electron chi connectivity index (χ4n) is 1.93. The van der Waals surface area contributed by atoms with Crippen LogP contribution in [-0.4, -0.2) is 47.6 Å². The third kappa shape index (κ3) is 2.48. The van der Waals surface area contributed by atoms with E-state index in [0.717, 1.165) is 0 Å². The van der Waals surface area contributed by atoms with Gasteiger partial charge in [-0.15, -0.1) is 0 Å². The molecule has 1 unspecified atom stereocenters. The van der Waals surface area contributed by atoms with Crippen LogP contribution < -0.4 is 5.32 Å². The number of halogens is 1. The Balaban J connectivity index is 2.20. The van der Waals surface area contributed by atoms with E-state index in [2.05, 4.69) is 5.32 Å². The molecular weight excluding hydrogens is 239 g/mol. The van der Waals surface area contributed by atoms with E-state index < -0.39 is 17.8 Å². The van der Waals surface area contributed by atoms with E-state index in [1.54, 1.807) is 0 Å². The number of nitrogens with zero attached hydrogens (tertiary/aromatic N) is 1. The Bertz CT molecular complexity index is 461. The van der Waals surface area contributed by atoms with E-state index in [-0.39, 0.29) is 12.5 Å². The second kappa shape index (κ2) is 5.14. The molecule has 1 aromatic rings. The molecule has 6 heteroatoms. The molecule has 18 heavy (non-hydrogen) atoms. The number of carbonyl (C=O) groups is 2. The van der Waals surface area contributed by atoms with Gasteiger partial charge in [0.2, 0.25) is 0 Å². The summed E-state index contributed by atoms with van der Waals surface area (Å²) in [7, 11) is 0. The van der Waals surface area contributed by atoms with Crippen LogP contribution in [0.2, 0.25) is 0 Å². The molecule has 1 amide bonds. The first-order valence-corrected chi connectivity index (χ1v) is 5.59. The Kier molecular flexibility index (Phi) is 3.57. The predicted molar refractivity (Wildman–Crippen MR) is 61.7 cm³/mol. The van der Waals surface area contributed by atoms with Crippen molar-refractivity contribution in [3.8, 4) is 0 Å². The Morgan fingerprint density at radius 3 is 2.61 bits per heavy atom. The van der Waals surface area contributed by atoms with E-state index in [0.29, 0.717) is 18.7 Å². The maximum atomic E-state index is 12.8. The summed E-state index contributed by atoms with van der Waals surface area (Å²) in [5.74, 6) is -1.86. The van der Waals surface area contributed by atoms with Gasteiger partial charge in [-0.1, -0.05) is 0 Å². The molecule has 96 valence electrons. The largest absolute Gasteiger partial charge is 0.480 e. The molecule has 1 fully saturated rings. The van der Waals surface area contributed by atoms with Crippen LogP contribution >= 0.6 is 0 Å². The summed E-state index contributed by atoms with van der Waals surface area (Å²) >= 11 is 0. The summed E-state index contributed by atoms with van der Waals surface area (Å²) in [5, 5.41) is 12.0. The zero-order valence-corrected chi connectivity index (χ0v) is 9.60. The molecule has 1 aliphatic rings. The predicted octanol–water partition coefficient (Wildman–Crippen LogP) is 0.324. The average molecular weight is 252 g/mol. The highest BCUT2D eigenvalue weighted by Gasteiger charge is 2.32. The topological polar surface area (TPSA) is 69.6 Å². The first-order chi connectivity index (χ1) is 8.59. The van der Waals surface area contributed by atoms with Crippen LogP contribution in [0.1, 0.15) is 10.4 Å². The Labute approximate surface area is 103 Å². The van der Waals surface area contributed by atoms with Gasteiger partial charge in [0.15, 0.2) is 0 Å². The number of amides is 1. The summed E-state index contributed by atoms with van der Waals surface area (Å²) in [4.78, 5) is 24.5. The van der Waals surface area contributed by atoms with Crippen LogP contribution in [-0.2, 0) is 4.79 Å². The van der Waals surface area contributed by atoms with Gasteiger partial charge in [-0.3, -0.25) is 4.79 Å².